The van der Waals surface area contributed by atoms with Crippen molar-refractivity contribution in [3.05, 3.63) is 54.7 Å². The van der Waals surface area contributed by atoms with E-state index >= 15 is 0 Å². The highest BCUT2D eigenvalue weighted by Gasteiger charge is 2.07. The van der Waals surface area contributed by atoms with Crippen LogP contribution in [0.2, 0.25) is 0 Å². The molecule has 1 aromatic heterocycles. The quantitative estimate of drug-likeness (QED) is 0.714. The van der Waals surface area contributed by atoms with Crippen molar-refractivity contribution in [3.8, 4) is 0 Å². The zero-order valence-corrected chi connectivity index (χ0v) is 10.8. The van der Waals surface area contributed by atoms with E-state index in [-0.39, 0.29) is 12.5 Å². The predicted octanol–water partition coefficient (Wildman–Crippen LogP) is 2.26. The van der Waals surface area contributed by atoms with Gasteiger partial charge in [0.15, 0.2) is 0 Å². The Morgan fingerprint density at radius 1 is 1.15 bits per heavy atom. The number of nitrogen functional groups attached to an aromatic ring is 1. The molecule has 0 aliphatic carbocycles. The van der Waals surface area contributed by atoms with E-state index in [1.54, 1.807) is 35.1 Å². The third kappa shape index (κ3) is 2.47. The highest BCUT2D eigenvalue weighted by Crippen LogP contribution is 2.13. The summed E-state index contributed by atoms with van der Waals surface area (Å²) in [5.74, 6) is -0.122. The van der Waals surface area contributed by atoms with Gasteiger partial charge in [0.05, 0.1) is 11.7 Å². The molecule has 20 heavy (non-hydrogen) atoms. The fourth-order valence-corrected chi connectivity index (χ4v) is 2.05. The van der Waals surface area contributed by atoms with Crippen LogP contribution in [0.5, 0.6) is 0 Å². The fourth-order valence-electron chi connectivity index (χ4n) is 2.05. The van der Waals surface area contributed by atoms with E-state index in [0.29, 0.717) is 5.69 Å². The third-order valence-corrected chi connectivity index (χ3v) is 3.04. The average molecular weight is 266 g/mol. The molecule has 100 valence electrons. The molecule has 0 aliphatic rings. The monoisotopic (exact) mass is 266 g/mol. The smallest absolute Gasteiger partial charge is 0.246 e. The number of nitrogens with two attached hydrogens (primary N) is 1. The highest BCUT2D eigenvalue weighted by atomic mass is 16.2. The van der Waals surface area contributed by atoms with Crippen molar-refractivity contribution in [3.63, 3.8) is 0 Å². The number of hydrogen-bond donors (Lipinski definition) is 2. The van der Waals surface area contributed by atoms with Gasteiger partial charge in [-0.3, -0.25) is 9.48 Å². The largest absolute Gasteiger partial charge is 0.399 e. The van der Waals surface area contributed by atoms with Crippen LogP contribution >= 0.6 is 0 Å². The highest BCUT2D eigenvalue weighted by molar-refractivity contribution is 5.91. The molecule has 0 saturated heterocycles. The van der Waals surface area contributed by atoms with E-state index in [1.807, 2.05) is 24.3 Å². The van der Waals surface area contributed by atoms with Crippen LogP contribution < -0.4 is 11.1 Å². The second-order valence-corrected chi connectivity index (χ2v) is 4.53. The van der Waals surface area contributed by atoms with E-state index in [9.17, 15) is 4.79 Å². The molecule has 0 unspecified atom stereocenters. The van der Waals surface area contributed by atoms with Gasteiger partial charge in [0.1, 0.15) is 6.54 Å². The third-order valence-electron chi connectivity index (χ3n) is 3.04. The SMILES string of the molecule is Nc1ccc(NC(=O)Cn2ncc3ccccc32)cc1. The molecule has 0 aliphatic heterocycles. The van der Waals surface area contributed by atoms with E-state index in [1.165, 1.54) is 0 Å². The predicted molar refractivity (Wildman–Crippen MR) is 79.2 cm³/mol. The summed E-state index contributed by atoms with van der Waals surface area (Å²) in [6.07, 6.45) is 1.76. The number of nitrogens with one attached hydrogen (secondary N) is 1. The number of amides is 1. The number of nitrogens with zero attached hydrogens (tertiary/aromatic N) is 2. The number of carbonyl (C=O) groups excluding carboxylic acids is 1. The maximum Gasteiger partial charge on any atom is 0.246 e. The van der Waals surface area contributed by atoms with Gasteiger partial charge < -0.3 is 11.1 Å². The number of benzene rings is 2. The van der Waals surface area contributed by atoms with Crippen LogP contribution in [0.25, 0.3) is 10.9 Å². The van der Waals surface area contributed by atoms with E-state index in [4.69, 9.17) is 5.73 Å². The number of carbonyl (C=O) groups is 1. The van der Waals surface area contributed by atoms with Crippen LogP contribution in [0, 0.1) is 0 Å². The minimum atomic E-state index is -0.122. The Bertz CT molecular complexity index is 746. The summed E-state index contributed by atoms with van der Waals surface area (Å²) >= 11 is 0. The molecule has 0 fully saturated rings. The van der Waals surface area contributed by atoms with Gasteiger partial charge in [0, 0.05) is 16.8 Å². The number of anilines is 2. The van der Waals surface area contributed by atoms with E-state index < -0.39 is 0 Å². The van der Waals surface area contributed by atoms with Crippen LogP contribution in [0.3, 0.4) is 0 Å². The Kier molecular flexibility index (Phi) is 3.09. The summed E-state index contributed by atoms with van der Waals surface area (Å²) < 4.78 is 1.68. The van der Waals surface area contributed by atoms with Crippen molar-refractivity contribution in [1.82, 2.24) is 9.78 Å². The van der Waals surface area contributed by atoms with Gasteiger partial charge in [0.25, 0.3) is 0 Å². The number of hydrogen-bond acceptors (Lipinski definition) is 3. The molecule has 0 saturated carbocycles. The second kappa shape index (κ2) is 5.05. The molecule has 5 heteroatoms. The summed E-state index contributed by atoms with van der Waals surface area (Å²) in [6, 6.07) is 14.8. The van der Waals surface area contributed by atoms with Crippen molar-refractivity contribution >= 4 is 28.2 Å². The van der Waals surface area contributed by atoms with Gasteiger partial charge in [-0.15, -0.1) is 0 Å². The number of para-hydroxylation sites is 1. The van der Waals surface area contributed by atoms with Crippen molar-refractivity contribution in [1.29, 1.82) is 0 Å². The van der Waals surface area contributed by atoms with Crippen molar-refractivity contribution < 1.29 is 4.79 Å². The van der Waals surface area contributed by atoms with Gasteiger partial charge in [-0.25, -0.2) is 0 Å². The molecule has 3 aromatic rings. The number of rotatable bonds is 3. The lowest BCUT2D eigenvalue weighted by molar-refractivity contribution is -0.116. The molecule has 3 rings (SSSR count). The first kappa shape index (κ1) is 12.2. The lowest BCUT2D eigenvalue weighted by atomic mass is 10.2. The molecule has 0 bridgehead atoms. The van der Waals surface area contributed by atoms with E-state index in [2.05, 4.69) is 10.4 Å². The molecule has 1 heterocycles. The van der Waals surface area contributed by atoms with Crippen LogP contribution in [0.15, 0.2) is 54.7 Å². The van der Waals surface area contributed by atoms with Gasteiger partial charge in [-0.05, 0) is 30.3 Å². The minimum Gasteiger partial charge on any atom is -0.399 e. The molecular weight excluding hydrogens is 252 g/mol. The first-order valence-electron chi connectivity index (χ1n) is 6.28. The average Bonchev–Trinajstić information content (AvgIpc) is 2.85. The maximum absolute atomic E-state index is 12.0. The number of fused-ring (bicyclic) bond motifs is 1. The van der Waals surface area contributed by atoms with Crippen molar-refractivity contribution in [2.75, 3.05) is 11.1 Å². The molecule has 0 spiro atoms. The van der Waals surface area contributed by atoms with Crippen molar-refractivity contribution in [2.45, 2.75) is 6.54 Å². The van der Waals surface area contributed by atoms with Gasteiger partial charge in [-0.2, -0.15) is 5.10 Å². The van der Waals surface area contributed by atoms with Crippen molar-refractivity contribution in [2.24, 2.45) is 0 Å². The molecule has 0 atom stereocenters. The van der Waals surface area contributed by atoms with Crippen LogP contribution in [0.4, 0.5) is 11.4 Å². The van der Waals surface area contributed by atoms with Crippen LogP contribution in [-0.2, 0) is 11.3 Å². The Morgan fingerprint density at radius 2 is 1.90 bits per heavy atom. The first-order valence-corrected chi connectivity index (χ1v) is 6.28. The van der Waals surface area contributed by atoms with Gasteiger partial charge in [-0.1, -0.05) is 18.2 Å². The van der Waals surface area contributed by atoms with Crippen LogP contribution in [0.1, 0.15) is 0 Å². The molecule has 3 N–H and O–H groups in total. The Hall–Kier alpha value is -2.82. The van der Waals surface area contributed by atoms with E-state index in [0.717, 1.165) is 16.6 Å². The lowest BCUT2D eigenvalue weighted by Crippen LogP contribution is -2.19. The fraction of sp³-hybridized carbons (Fsp3) is 0.0667. The Morgan fingerprint density at radius 3 is 2.70 bits per heavy atom. The summed E-state index contributed by atoms with van der Waals surface area (Å²) in [5.41, 5.74) is 7.94. The molecule has 1 amide bonds. The normalized spacial score (nSPS) is 10.6. The van der Waals surface area contributed by atoms with Gasteiger partial charge in [0.2, 0.25) is 5.91 Å². The summed E-state index contributed by atoms with van der Waals surface area (Å²) in [4.78, 5) is 12.0. The molecule has 5 nitrogen and oxygen atoms in total. The van der Waals surface area contributed by atoms with Gasteiger partial charge >= 0.3 is 0 Å². The Labute approximate surface area is 116 Å². The summed E-state index contributed by atoms with van der Waals surface area (Å²) in [6.45, 7) is 0.178. The minimum absolute atomic E-state index is 0.122. The molecular formula is C15H14N4O. The first-order chi connectivity index (χ1) is 9.72. The summed E-state index contributed by atoms with van der Waals surface area (Å²) in [7, 11) is 0. The Balaban J connectivity index is 1.74. The summed E-state index contributed by atoms with van der Waals surface area (Å²) in [5, 5.41) is 8.06. The lowest BCUT2D eigenvalue weighted by Gasteiger charge is -2.06. The topological polar surface area (TPSA) is 72.9 Å². The zero-order valence-electron chi connectivity index (χ0n) is 10.8. The van der Waals surface area contributed by atoms with Crippen LogP contribution in [-0.4, -0.2) is 15.7 Å². The maximum atomic E-state index is 12.0. The molecule has 2 aromatic carbocycles. The second-order valence-electron chi connectivity index (χ2n) is 4.53. The zero-order chi connectivity index (χ0) is 13.9. The molecule has 0 radical (unpaired) electrons. The number of aromatic nitrogens is 2. The standard InChI is InChI=1S/C15H14N4O/c16-12-5-7-13(8-6-12)18-15(20)10-19-14-4-2-1-3-11(14)9-17-19/h1-9H,10,16H2,(H,18,20).